The number of ether oxygens (including phenoxy) is 2. The topological polar surface area (TPSA) is 52.6 Å². The van der Waals surface area contributed by atoms with E-state index in [9.17, 15) is 14.0 Å². The molecule has 0 fully saturated rings. The Kier molecular flexibility index (Phi) is 5.11. The van der Waals surface area contributed by atoms with Gasteiger partial charge in [-0.05, 0) is 43.7 Å². The number of hydrogen-bond donors (Lipinski definition) is 0. The third kappa shape index (κ3) is 3.94. The van der Waals surface area contributed by atoms with Crippen LogP contribution in [0.4, 0.5) is 4.39 Å². The number of halogens is 1. The standard InChI is InChI=1S/C18H17FO4/c1-11-4-5-12(2)14(8-11)18(21)23-10-16(20)13-6-7-17(22-3)15(19)9-13/h4-9H,10H2,1-3H3. The Hall–Kier alpha value is -2.69. The van der Waals surface area contributed by atoms with Gasteiger partial charge in [0.25, 0.3) is 0 Å². The van der Waals surface area contributed by atoms with Gasteiger partial charge in [-0.25, -0.2) is 9.18 Å². The molecule has 0 unspecified atom stereocenters. The maximum Gasteiger partial charge on any atom is 0.338 e. The van der Waals surface area contributed by atoms with E-state index in [1.165, 1.54) is 19.2 Å². The normalized spacial score (nSPS) is 10.3. The van der Waals surface area contributed by atoms with Crippen LogP contribution in [0.1, 0.15) is 31.8 Å². The van der Waals surface area contributed by atoms with Crippen molar-refractivity contribution in [3.8, 4) is 5.75 Å². The Balaban J connectivity index is 2.05. The number of aryl methyl sites for hydroxylation is 2. The highest BCUT2D eigenvalue weighted by Gasteiger charge is 2.15. The highest BCUT2D eigenvalue weighted by atomic mass is 19.1. The molecule has 0 atom stereocenters. The van der Waals surface area contributed by atoms with Crippen molar-refractivity contribution < 1.29 is 23.5 Å². The zero-order chi connectivity index (χ0) is 17.0. The second-order valence-electron chi connectivity index (χ2n) is 5.17. The third-order valence-electron chi connectivity index (χ3n) is 3.42. The lowest BCUT2D eigenvalue weighted by Crippen LogP contribution is -2.15. The first-order valence-electron chi connectivity index (χ1n) is 7.03. The first-order chi connectivity index (χ1) is 10.9. The van der Waals surface area contributed by atoms with Crippen molar-refractivity contribution in [2.45, 2.75) is 13.8 Å². The van der Waals surface area contributed by atoms with Gasteiger partial charge in [0.1, 0.15) is 0 Å². The number of Topliss-reactive ketones (excluding diaryl/α,β-unsaturated/α-hetero) is 1. The number of methoxy groups -OCH3 is 1. The number of rotatable bonds is 5. The minimum atomic E-state index is -0.640. The molecule has 2 aromatic carbocycles. The maximum absolute atomic E-state index is 13.6. The molecule has 0 aliphatic heterocycles. The van der Waals surface area contributed by atoms with Gasteiger partial charge < -0.3 is 9.47 Å². The summed E-state index contributed by atoms with van der Waals surface area (Å²) in [5, 5.41) is 0. The SMILES string of the molecule is COc1ccc(C(=O)COC(=O)c2cc(C)ccc2C)cc1F. The van der Waals surface area contributed by atoms with E-state index in [0.717, 1.165) is 17.2 Å². The predicted octanol–water partition coefficient (Wildman–Crippen LogP) is 3.49. The van der Waals surface area contributed by atoms with Gasteiger partial charge in [0.2, 0.25) is 0 Å². The number of hydrogen-bond acceptors (Lipinski definition) is 4. The van der Waals surface area contributed by atoms with Gasteiger partial charge >= 0.3 is 5.97 Å². The van der Waals surface area contributed by atoms with Crippen LogP contribution in [-0.4, -0.2) is 25.5 Å². The molecule has 0 heterocycles. The molecule has 0 bridgehead atoms. The molecule has 0 amide bonds. The Morgan fingerprint density at radius 1 is 1.09 bits per heavy atom. The van der Waals surface area contributed by atoms with Crippen LogP contribution < -0.4 is 4.74 Å². The van der Waals surface area contributed by atoms with Crippen molar-refractivity contribution in [1.82, 2.24) is 0 Å². The van der Waals surface area contributed by atoms with E-state index in [-0.39, 0.29) is 11.3 Å². The molecule has 0 spiro atoms. The van der Waals surface area contributed by atoms with Gasteiger partial charge in [-0.15, -0.1) is 0 Å². The number of esters is 1. The quantitative estimate of drug-likeness (QED) is 0.626. The van der Waals surface area contributed by atoms with Crippen LogP contribution in [0.3, 0.4) is 0 Å². The fraction of sp³-hybridized carbons (Fsp3) is 0.222. The van der Waals surface area contributed by atoms with Crippen LogP contribution >= 0.6 is 0 Å². The number of carbonyl (C=O) groups is 2. The molecule has 0 aromatic heterocycles. The predicted molar refractivity (Wildman–Crippen MR) is 83.5 cm³/mol. The van der Waals surface area contributed by atoms with Gasteiger partial charge in [-0.1, -0.05) is 17.7 Å². The van der Waals surface area contributed by atoms with E-state index in [0.29, 0.717) is 5.56 Å². The van der Waals surface area contributed by atoms with E-state index in [4.69, 9.17) is 9.47 Å². The Labute approximate surface area is 133 Å². The smallest absolute Gasteiger partial charge is 0.338 e. The minimum Gasteiger partial charge on any atom is -0.494 e. The van der Waals surface area contributed by atoms with Crippen LogP contribution in [0.5, 0.6) is 5.75 Å². The summed E-state index contributed by atoms with van der Waals surface area (Å²) < 4.78 is 23.4. The summed E-state index contributed by atoms with van der Waals surface area (Å²) in [7, 11) is 1.34. The van der Waals surface area contributed by atoms with Gasteiger partial charge in [0, 0.05) is 5.56 Å². The van der Waals surface area contributed by atoms with Crippen LogP contribution in [0.25, 0.3) is 0 Å². The van der Waals surface area contributed by atoms with Gasteiger partial charge in [-0.3, -0.25) is 4.79 Å². The monoisotopic (exact) mass is 316 g/mol. The zero-order valence-corrected chi connectivity index (χ0v) is 13.2. The van der Waals surface area contributed by atoms with Crippen molar-refractivity contribution in [3.63, 3.8) is 0 Å². The van der Waals surface area contributed by atoms with Crippen molar-refractivity contribution in [2.75, 3.05) is 13.7 Å². The molecule has 5 heteroatoms. The number of ketones is 1. The van der Waals surface area contributed by atoms with Crippen molar-refractivity contribution in [3.05, 3.63) is 64.5 Å². The van der Waals surface area contributed by atoms with Crippen LogP contribution in [0.2, 0.25) is 0 Å². The van der Waals surface area contributed by atoms with Crippen molar-refractivity contribution in [2.24, 2.45) is 0 Å². The van der Waals surface area contributed by atoms with Gasteiger partial charge in [-0.2, -0.15) is 0 Å². The summed E-state index contributed by atoms with van der Waals surface area (Å²) in [6, 6.07) is 9.25. The molecule has 0 N–H and O–H groups in total. The summed E-state index contributed by atoms with van der Waals surface area (Å²) in [5.41, 5.74) is 2.23. The highest BCUT2D eigenvalue weighted by molar-refractivity contribution is 5.99. The lowest BCUT2D eigenvalue weighted by molar-refractivity contribution is 0.0474. The van der Waals surface area contributed by atoms with E-state index in [1.807, 2.05) is 19.1 Å². The Bertz CT molecular complexity index is 753. The average molecular weight is 316 g/mol. The fourth-order valence-electron chi connectivity index (χ4n) is 2.09. The molecule has 0 saturated carbocycles. The summed E-state index contributed by atoms with van der Waals surface area (Å²) in [6.07, 6.45) is 0. The van der Waals surface area contributed by atoms with E-state index in [2.05, 4.69) is 0 Å². The van der Waals surface area contributed by atoms with E-state index < -0.39 is 24.2 Å². The zero-order valence-electron chi connectivity index (χ0n) is 13.2. The van der Waals surface area contributed by atoms with Crippen LogP contribution in [0, 0.1) is 19.7 Å². The summed E-state index contributed by atoms with van der Waals surface area (Å²) in [5.74, 6) is -1.65. The molecule has 0 radical (unpaired) electrons. The van der Waals surface area contributed by atoms with E-state index >= 15 is 0 Å². The fourth-order valence-corrected chi connectivity index (χ4v) is 2.09. The minimum absolute atomic E-state index is 0.0499. The molecule has 0 saturated heterocycles. The lowest BCUT2D eigenvalue weighted by atomic mass is 10.1. The van der Waals surface area contributed by atoms with Gasteiger partial charge in [0.15, 0.2) is 24.0 Å². The lowest BCUT2D eigenvalue weighted by Gasteiger charge is -2.08. The number of benzene rings is 2. The molecule has 0 aliphatic rings. The Morgan fingerprint density at radius 3 is 2.48 bits per heavy atom. The summed E-state index contributed by atoms with van der Waals surface area (Å²) in [4.78, 5) is 24.1. The first-order valence-corrected chi connectivity index (χ1v) is 7.03. The van der Waals surface area contributed by atoms with Crippen LogP contribution in [0.15, 0.2) is 36.4 Å². The van der Waals surface area contributed by atoms with Crippen LogP contribution in [-0.2, 0) is 4.74 Å². The molecule has 2 aromatic rings. The molecular weight excluding hydrogens is 299 g/mol. The molecule has 2 rings (SSSR count). The highest BCUT2D eigenvalue weighted by Crippen LogP contribution is 2.18. The second-order valence-corrected chi connectivity index (χ2v) is 5.17. The largest absolute Gasteiger partial charge is 0.494 e. The molecular formula is C18H17FO4. The van der Waals surface area contributed by atoms with Gasteiger partial charge in [0.05, 0.1) is 12.7 Å². The summed E-state index contributed by atoms with van der Waals surface area (Å²) in [6.45, 7) is 3.20. The van der Waals surface area contributed by atoms with Crippen molar-refractivity contribution in [1.29, 1.82) is 0 Å². The first kappa shape index (κ1) is 16.7. The third-order valence-corrected chi connectivity index (χ3v) is 3.42. The Morgan fingerprint density at radius 2 is 1.83 bits per heavy atom. The maximum atomic E-state index is 13.6. The molecule has 23 heavy (non-hydrogen) atoms. The number of carbonyl (C=O) groups excluding carboxylic acids is 2. The molecule has 0 aliphatic carbocycles. The van der Waals surface area contributed by atoms with E-state index in [1.54, 1.807) is 13.0 Å². The van der Waals surface area contributed by atoms with Crippen molar-refractivity contribution >= 4 is 11.8 Å². The average Bonchev–Trinajstić information content (AvgIpc) is 2.54. The summed E-state index contributed by atoms with van der Waals surface area (Å²) >= 11 is 0. The second kappa shape index (κ2) is 7.05. The molecule has 120 valence electrons. The molecule has 4 nitrogen and oxygen atoms in total.